The normalized spacial score (nSPS) is 17.2. The predicted molar refractivity (Wildman–Crippen MR) is 140 cm³/mol. The smallest absolute Gasteiger partial charge is 0.229 e. The number of H-pyrrole nitrogens is 1. The highest BCUT2D eigenvalue weighted by Gasteiger charge is 2.18. The number of aromatic nitrogens is 5. The predicted octanol–water partition coefficient (Wildman–Crippen LogP) is 4.08. The maximum Gasteiger partial charge on any atom is 0.229 e. The number of imidazole rings is 1. The minimum absolute atomic E-state index is 0.298. The summed E-state index contributed by atoms with van der Waals surface area (Å²) in [6.45, 7) is 4.15. The zero-order valence-electron chi connectivity index (χ0n) is 19.8. The quantitative estimate of drug-likeness (QED) is 0.401. The number of rotatable bonds is 5. The molecule has 2 fully saturated rings. The van der Waals surface area contributed by atoms with Crippen molar-refractivity contribution in [3.63, 3.8) is 0 Å². The van der Waals surface area contributed by atoms with Crippen molar-refractivity contribution in [2.75, 3.05) is 41.3 Å². The van der Waals surface area contributed by atoms with E-state index in [-0.39, 0.29) is 0 Å². The molecule has 0 unspecified atom stereocenters. The molecule has 5 heterocycles. The molecule has 0 amide bonds. The van der Waals surface area contributed by atoms with Gasteiger partial charge in [0.2, 0.25) is 5.95 Å². The monoisotopic (exact) mass is 469 g/mol. The molecule has 2 saturated heterocycles. The third kappa shape index (κ3) is 4.64. The van der Waals surface area contributed by atoms with E-state index in [0.717, 1.165) is 67.3 Å². The van der Waals surface area contributed by atoms with Crippen molar-refractivity contribution in [3.8, 4) is 11.3 Å². The molecule has 4 N–H and O–H groups in total. The number of piperidine rings is 2. The fourth-order valence-corrected chi connectivity index (χ4v) is 4.97. The van der Waals surface area contributed by atoms with Crippen LogP contribution in [0.4, 0.5) is 23.1 Å². The molecule has 0 radical (unpaired) electrons. The lowest BCUT2D eigenvalue weighted by Crippen LogP contribution is -2.40. The van der Waals surface area contributed by atoms with Crippen LogP contribution in [-0.4, -0.2) is 57.1 Å². The summed E-state index contributed by atoms with van der Waals surface area (Å²) in [5, 5.41) is 3.36. The lowest BCUT2D eigenvalue weighted by atomic mass is 10.1. The minimum atomic E-state index is 0.298. The van der Waals surface area contributed by atoms with Gasteiger partial charge in [-0.05, 0) is 68.5 Å². The van der Waals surface area contributed by atoms with Crippen LogP contribution >= 0.6 is 0 Å². The van der Waals surface area contributed by atoms with E-state index in [1.54, 1.807) is 6.33 Å². The number of pyridine rings is 1. The molecule has 3 aromatic heterocycles. The summed E-state index contributed by atoms with van der Waals surface area (Å²) in [4.78, 5) is 26.5. The van der Waals surface area contributed by atoms with Crippen LogP contribution in [0.3, 0.4) is 0 Å². The fraction of sp³-hybridized carbons (Fsp3) is 0.385. The highest BCUT2D eigenvalue weighted by Crippen LogP contribution is 2.28. The second-order valence-corrected chi connectivity index (χ2v) is 9.44. The van der Waals surface area contributed by atoms with Gasteiger partial charge < -0.3 is 25.8 Å². The van der Waals surface area contributed by atoms with Gasteiger partial charge in [-0.25, -0.2) is 15.0 Å². The van der Waals surface area contributed by atoms with E-state index in [2.05, 4.69) is 66.5 Å². The first-order chi connectivity index (χ1) is 17.2. The topological polar surface area (TPSA) is 112 Å². The molecule has 180 valence electrons. The van der Waals surface area contributed by atoms with Crippen LogP contribution in [0.2, 0.25) is 0 Å². The lowest BCUT2D eigenvalue weighted by molar-refractivity contribution is 0.498. The summed E-state index contributed by atoms with van der Waals surface area (Å²) < 4.78 is 0. The molecule has 35 heavy (non-hydrogen) atoms. The Hall–Kier alpha value is -3.72. The number of benzene rings is 1. The average Bonchev–Trinajstić information content (AvgIpc) is 3.39. The van der Waals surface area contributed by atoms with Crippen LogP contribution in [0.25, 0.3) is 22.4 Å². The molecule has 9 nitrogen and oxygen atoms in total. The Labute approximate surface area is 204 Å². The Morgan fingerprint density at radius 3 is 2.40 bits per heavy atom. The Morgan fingerprint density at radius 1 is 0.857 bits per heavy atom. The standard InChI is InChI=1S/C26H31N9/c27-19-10-14-35(15-11-19)22-9-4-18(16-28-22)23-24-25(30-17-29-24)33-26(32-23)31-20-5-7-21(8-6-20)34-12-2-1-3-13-34/h4-9,16-17,19H,1-3,10-15,27H2,(H2,29,30,31,32,33). The minimum Gasteiger partial charge on any atom is -0.372 e. The maximum absolute atomic E-state index is 6.05. The van der Waals surface area contributed by atoms with E-state index in [9.17, 15) is 0 Å². The second kappa shape index (κ2) is 9.50. The van der Waals surface area contributed by atoms with E-state index < -0.39 is 0 Å². The van der Waals surface area contributed by atoms with Gasteiger partial charge in [0, 0.05) is 55.4 Å². The molecule has 1 aromatic carbocycles. The average molecular weight is 470 g/mol. The van der Waals surface area contributed by atoms with Gasteiger partial charge in [-0.3, -0.25) is 0 Å². The SMILES string of the molecule is NC1CCN(c2ccc(-c3nc(Nc4ccc(N5CCCCC5)cc4)nc4[nH]cnc34)cn2)CC1. The number of hydrogen-bond donors (Lipinski definition) is 3. The van der Waals surface area contributed by atoms with Crippen LogP contribution in [0.15, 0.2) is 48.9 Å². The summed E-state index contributed by atoms with van der Waals surface area (Å²) in [7, 11) is 0. The van der Waals surface area contributed by atoms with Crippen molar-refractivity contribution in [2.45, 2.75) is 38.1 Å². The van der Waals surface area contributed by atoms with Gasteiger partial charge in [-0.1, -0.05) is 0 Å². The van der Waals surface area contributed by atoms with Gasteiger partial charge in [0.25, 0.3) is 0 Å². The number of hydrogen-bond acceptors (Lipinski definition) is 8. The van der Waals surface area contributed by atoms with E-state index in [1.807, 2.05) is 6.20 Å². The van der Waals surface area contributed by atoms with Crippen LogP contribution in [0, 0.1) is 0 Å². The molecule has 6 rings (SSSR count). The number of nitrogens with one attached hydrogen (secondary N) is 2. The van der Waals surface area contributed by atoms with Gasteiger partial charge in [0.05, 0.1) is 6.33 Å². The zero-order valence-corrected chi connectivity index (χ0v) is 19.8. The second-order valence-electron chi connectivity index (χ2n) is 9.44. The summed E-state index contributed by atoms with van der Waals surface area (Å²) in [6, 6.07) is 12.9. The summed E-state index contributed by atoms with van der Waals surface area (Å²) >= 11 is 0. The number of fused-ring (bicyclic) bond motifs is 1. The number of nitrogens with two attached hydrogens (primary N) is 1. The molecule has 0 bridgehead atoms. The maximum atomic E-state index is 6.05. The van der Waals surface area contributed by atoms with Crippen molar-refractivity contribution in [3.05, 3.63) is 48.9 Å². The van der Waals surface area contributed by atoms with Crippen LogP contribution in [-0.2, 0) is 0 Å². The van der Waals surface area contributed by atoms with E-state index in [0.29, 0.717) is 17.6 Å². The van der Waals surface area contributed by atoms with Gasteiger partial charge in [0.15, 0.2) is 5.65 Å². The van der Waals surface area contributed by atoms with E-state index >= 15 is 0 Å². The first-order valence-corrected chi connectivity index (χ1v) is 12.5. The number of anilines is 4. The molecular formula is C26H31N9. The number of nitrogens with zero attached hydrogens (tertiary/aromatic N) is 6. The largest absolute Gasteiger partial charge is 0.372 e. The molecule has 0 saturated carbocycles. The van der Waals surface area contributed by atoms with Gasteiger partial charge in [0.1, 0.15) is 17.0 Å². The molecule has 0 aliphatic carbocycles. The number of aromatic amines is 1. The Kier molecular flexibility index (Phi) is 5.91. The van der Waals surface area contributed by atoms with Gasteiger partial charge in [-0.15, -0.1) is 0 Å². The molecule has 9 heteroatoms. The highest BCUT2D eigenvalue weighted by atomic mass is 15.2. The fourth-order valence-electron chi connectivity index (χ4n) is 4.97. The van der Waals surface area contributed by atoms with E-state index in [4.69, 9.17) is 15.7 Å². The van der Waals surface area contributed by atoms with Gasteiger partial charge in [-0.2, -0.15) is 4.98 Å². The third-order valence-electron chi connectivity index (χ3n) is 7.01. The Balaban J connectivity index is 1.24. The molecule has 0 spiro atoms. The van der Waals surface area contributed by atoms with Crippen molar-refractivity contribution >= 4 is 34.3 Å². The first-order valence-electron chi connectivity index (χ1n) is 12.5. The van der Waals surface area contributed by atoms with Crippen LogP contribution in [0.1, 0.15) is 32.1 Å². The molecule has 2 aliphatic heterocycles. The summed E-state index contributed by atoms with van der Waals surface area (Å²) in [5.41, 5.74) is 11.4. The third-order valence-corrected chi connectivity index (χ3v) is 7.01. The first kappa shape index (κ1) is 21.8. The van der Waals surface area contributed by atoms with Crippen LogP contribution < -0.4 is 20.9 Å². The highest BCUT2D eigenvalue weighted by molar-refractivity contribution is 5.88. The molecule has 0 atom stereocenters. The van der Waals surface area contributed by atoms with Crippen LogP contribution in [0.5, 0.6) is 0 Å². The van der Waals surface area contributed by atoms with Crippen molar-refractivity contribution in [2.24, 2.45) is 5.73 Å². The van der Waals surface area contributed by atoms with Gasteiger partial charge >= 0.3 is 0 Å². The molecular weight excluding hydrogens is 438 g/mol. The molecule has 4 aromatic rings. The lowest BCUT2D eigenvalue weighted by Gasteiger charge is -2.31. The summed E-state index contributed by atoms with van der Waals surface area (Å²) in [5.74, 6) is 1.50. The van der Waals surface area contributed by atoms with Crippen molar-refractivity contribution in [1.82, 2.24) is 24.9 Å². The zero-order chi connectivity index (χ0) is 23.6. The Bertz CT molecular complexity index is 1270. The van der Waals surface area contributed by atoms with E-state index in [1.165, 1.54) is 24.9 Å². The Morgan fingerprint density at radius 2 is 1.66 bits per heavy atom. The molecule has 2 aliphatic rings. The summed E-state index contributed by atoms with van der Waals surface area (Å²) in [6.07, 6.45) is 9.38. The van der Waals surface area contributed by atoms with Crippen molar-refractivity contribution < 1.29 is 0 Å². The van der Waals surface area contributed by atoms with Crippen molar-refractivity contribution in [1.29, 1.82) is 0 Å².